The Balaban J connectivity index is 1.21. The Morgan fingerprint density at radius 1 is 1.03 bits per heavy atom. The highest BCUT2D eigenvalue weighted by Crippen LogP contribution is 2.17. The molecular weight excluding hydrogens is 386 g/mol. The number of amides is 1. The molecule has 4 aromatic rings. The van der Waals surface area contributed by atoms with E-state index in [0.717, 1.165) is 47.6 Å². The van der Waals surface area contributed by atoms with Crippen LogP contribution in [0.5, 0.6) is 0 Å². The fourth-order valence-corrected chi connectivity index (χ4v) is 3.53. The molecule has 0 unspecified atom stereocenters. The highest BCUT2D eigenvalue weighted by Gasteiger charge is 2.11. The first-order valence-corrected chi connectivity index (χ1v) is 10.6. The van der Waals surface area contributed by atoms with Crippen LogP contribution in [0.3, 0.4) is 0 Å². The fraction of sp³-hybridized carbons (Fsp3) is 0.240. The molecule has 1 amide bonds. The Labute approximate surface area is 182 Å². The Kier molecular flexibility index (Phi) is 6.57. The lowest BCUT2D eigenvalue weighted by atomic mass is 10.1. The monoisotopic (exact) mass is 413 g/mol. The molecule has 0 aliphatic rings. The number of aromatic nitrogens is 4. The van der Waals surface area contributed by atoms with Crippen molar-refractivity contribution in [1.29, 1.82) is 0 Å². The molecule has 4 rings (SSSR count). The zero-order chi connectivity index (χ0) is 21.5. The van der Waals surface area contributed by atoms with Crippen molar-refractivity contribution in [1.82, 2.24) is 24.9 Å². The van der Waals surface area contributed by atoms with Gasteiger partial charge in [0.1, 0.15) is 0 Å². The van der Waals surface area contributed by atoms with Crippen molar-refractivity contribution in [2.75, 3.05) is 13.6 Å². The Hall–Kier alpha value is -3.67. The van der Waals surface area contributed by atoms with E-state index in [0.29, 0.717) is 12.8 Å². The Morgan fingerprint density at radius 3 is 2.55 bits per heavy atom. The van der Waals surface area contributed by atoms with Crippen molar-refractivity contribution in [3.63, 3.8) is 0 Å². The first kappa shape index (κ1) is 20.6. The predicted octanol–water partition coefficient (Wildman–Crippen LogP) is 4.29. The summed E-state index contributed by atoms with van der Waals surface area (Å²) in [6, 6.07) is 22.2. The number of carbonyl (C=O) groups is 1. The summed E-state index contributed by atoms with van der Waals surface area (Å²) in [6.07, 6.45) is 6.76. The van der Waals surface area contributed by atoms with Gasteiger partial charge in [0, 0.05) is 37.5 Å². The molecule has 6 nitrogen and oxygen atoms in total. The lowest BCUT2D eigenvalue weighted by Gasteiger charge is -2.16. The second kappa shape index (κ2) is 9.89. The predicted molar refractivity (Wildman–Crippen MR) is 122 cm³/mol. The third kappa shape index (κ3) is 5.48. The van der Waals surface area contributed by atoms with Crippen molar-refractivity contribution in [3.8, 4) is 16.9 Å². The van der Waals surface area contributed by atoms with Gasteiger partial charge in [-0.05, 0) is 43.0 Å². The zero-order valence-corrected chi connectivity index (χ0v) is 17.7. The number of hydrogen-bond acceptors (Lipinski definition) is 3. The summed E-state index contributed by atoms with van der Waals surface area (Å²) < 4.78 is 1.84. The zero-order valence-electron chi connectivity index (χ0n) is 17.7. The second-order valence-electron chi connectivity index (χ2n) is 7.69. The van der Waals surface area contributed by atoms with Gasteiger partial charge in [0.05, 0.1) is 17.6 Å². The van der Waals surface area contributed by atoms with Crippen LogP contribution in [0.25, 0.3) is 16.9 Å². The number of para-hydroxylation sites is 1. The van der Waals surface area contributed by atoms with Gasteiger partial charge in [0.15, 0.2) is 0 Å². The van der Waals surface area contributed by atoms with Crippen molar-refractivity contribution in [3.05, 3.63) is 90.4 Å². The van der Waals surface area contributed by atoms with E-state index < -0.39 is 0 Å². The number of benzene rings is 2. The maximum absolute atomic E-state index is 12.5. The van der Waals surface area contributed by atoms with E-state index in [1.165, 1.54) is 0 Å². The van der Waals surface area contributed by atoms with Gasteiger partial charge in [-0.25, -0.2) is 4.68 Å². The lowest BCUT2D eigenvalue weighted by Crippen LogP contribution is -2.28. The van der Waals surface area contributed by atoms with E-state index in [4.69, 9.17) is 0 Å². The number of H-pyrrole nitrogens is 1. The number of aromatic amines is 1. The SMILES string of the molecule is CN(CCCc1cc(-c2ccccc2)n[nH]1)C(=O)CCc1cnn(-c2ccccc2)c1. The van der Waals surface area contributed by atoms with Crippen LogP contribution in [0.15, 0.2) is 79.1 Å². The largest absolute Gasteiger partial charge is 0.346 e. The molecule has 31 heavy (non-hydrogen) atoms. The summed E-state index contributed by atoms with van der Waals surface area (Å²) in [5.74, 6) is 0.155. The molecular formula is C25H27N5O. The number of carbonyl (C=O) groups excluding carboxylic acids is 1. The first-order valence-electron chi connectivity index (χ1n) is 10.6. The number of nitrogens with zero attached hydrogens (tertiary/aromatic N) is 4. The standard InChI is InChI=1S/C25H27N5O/c1-29(16-8-11-22-17-24(28-27-22)21-9-4-2-5-10-21)25(31)15-14-20-18-26-30(19-20)23-12-6-3-7-13-23/h2-7,9-10,12-13,17-19H,8,11,14-16H2,1H3,(H,27,28). The Bertz CT molecular complexity index is 1100. The van der Waals surface area contributed by atoms with Crippen LogP contribution in [0.4, 0.5) is 0 Å². The first-order chi connectivity index (χ1) is 15.2. The topological polar surface area (TPSA) is 66.8 Å². The average Bonchev–Trinajstić information content (AvgIpc) is 3.48. The van der Waals surface area contributed by atoms with E-state index in [1.54, 1.807) is 0 Å². The number of rotatable bonds is 9. The van der Waals surface area contributed by atoms with Crippen molar-refractivity contribution in [2.45, 2.75) is 25.7 Å². The van der Waals surface area contributed by atoms with Gasteiger partial charge in [0.2, 0.25) is 5.91 Å². The lowest BCUT2D eigenvalue weighted by molar-refractivity contribution is -0.129. The minimum atomic E-state index is 0.155. The van der Waals surface area contributed by atoms with E-state index in [-0.39, 0.29) is 5.91 Å². The van der Waals surface area contributed by atoms with Crippen LogP contribution in [-0.2, 0) is 17.6 Å². The molecule has 0 atom stereocenters. The molecule has 1 N–H and O–H groups in total. The van der Waals surface area contributed by atoms with Crippen molar-refractivity contribution < 1.29 is 4.79 Å². The van der Waals surface area contributed by atoms with Crippen LogP contribution in [-0.4, -0.2) is 44.4 Å². The number of aryl methyl sites for hydroxylation is 2. The molecule has 2 aromatic carbocycles. The summed E-state index contributed by atoms with van der Waals surface area (Å²) in [5, 5.41) is 11.9. The van der Waals surface area contributed by atoms with Crippen LogP contribution in [0.2, 0.25) is 0 Å². The minimum Gasteiger partial charge on any atom is -0.346 e. The van der Waals surface area contributed by atoms with Gasteiger partial charge in [-0.3, -0.25) is 9.89 Å². The summed E-state index contributed by atoms with van der Waals surface area (Å²) in [6.45, 7) is 0.724. The van der Waals surface area contributed by atoms with E-state index in [1.807, 2.05) is 77.6 Å². The van der Waals surface area contributed by atoms with Gasteiger partial charge < -0.3 is 4.90 Å². The molecule has 2 aromatic heterocycles. The van der Waals surface area contributed by atoms with Crippen molar-refractivity contribution >= 4 is 5.91 Å². The van der Waals surface area contributed by atoms with Crippen LogP contribution >= 0.6 is 0 Å². The molecule has 0 saturated carbocycles. The second-order valence-corrected chi connectivity index (χ2v) is 7.69. The third-order valence-electron chi connectivity index (χ3n) is 5.35. The van der Waals surface area contributed by atoms with Gasteiger partial charge >= 0.3 is 0 Å². The fourth-order valence-electron chi connectivity index (χ4n) is 3.53. The minimum absolute atomic E-state index is 0.155. The molecule has 0 aliphatic carbocycles. The molecule has 2 heterocycles. The number of hydrogen-bond donors (Lipinski definition) is 1. The highest BCUT2D eigenvalue weighted by atomic mass is 16.2. The normalized spacial score (nSPS) is 10.9. The summed E-state index contributed by atoms with van der Waals surface area (Å²) in [7, 11) is 1.87. The maximum atomic E-state index is 12.5. The quantitative estimate of drug-likeness (QED) is 0.445. The van der Waals surface area contributed by atoms with E-state index >= 15 is 0 Å². The number of nitrogens with one attached hydrogen (secondary N) is 1. The molecule has 0 fully saturated rings. The summed E-state index contributed by atoms with van der Waals surface area (Å²) in [5.41, 5.74) is 5.24. The Morgan fingerprint density at radius 2 is 1.77 bits per heavy atom. The summed E-state index contributed by atoms with van der Waals surface area (Å²) >= 11 is 0. The average molecular weight is 414 g/mol. The smallest absolute Gasteiger partial charge is 0.222 e. The molecule has 0 aliphatic heterocycles. The van der Waals surface area contributed by atoms with Crippen LogP contribution in [0.1, 0.15) is 24.1 Å². The molecule has 0 radical (unpaired) electrons. The maximum Gasteiger partial charge on any atom is 0.222 e. The molecule has 158 valence electrons. The highest BCUT2D eigenvalue weighted by molar-refractivity contribution is 5.76. The third-order valence-corrected chi connectivity index (χ3v) is 5.35. The van der Waals surface area contributed by atoms with Gasteiger partial charge in [0.25, 0.3) is 0 Å². The molecule has 0 spiro atoms. The van der Waals surface area contributed by atoms with E-state index in [9.17, 15) is 4.79 Å². The van der Waals surface area contributed by atoms with Crippen LogP contribution < -0.4 is 0 Å². The molecule has 0 saturated heterocycles. The van der Waals surface area contributed by atoms with E-state index in [2.05, 4.69) is 33.5 Å². The van der Waals surface area contributed by atoms with Crippen LogP contribution in [0, 0.1) is 0 Å². The molecule has 0 bridgehead atoms. The van der Waals surface area contributed by atoms with Gasteiger partial charge in [-0.2, -0.15) is 10.2 Å². The van der Waals surface area contributed by atoms with Gasteiger partial charge in [-0.15, -0.1) is 0 Å². The van der Waals surface area contributed by atoms with Gasteiger partial charge in [-0.1, -0.05) is 48.5 Å². The molecule has 6 heteroatoms. The summed E-state index contributed by atoms with van der Waals surface area (Å²) in [4.78, 5) is 14.3. The van der Waals surface area contributed by atoms with Crippen molar-refractivity contribution in [2.24, 2.45) is 0 Å².